The summed E-state index contributed by atoms with van der Waals surface area (Å²) in [5.41, 5.74) is 1.15. The minimum Gasteiger partial charge on any atom is -0.422 e. The maximum absolute atomic E-state index is 12.8. The molecule has 2 heterocycles. The minimum atomic E-state index is -0.397. The maximum atomic E-state index is 12.8. The van der Waals surface area contributed by atoms with E-state index in [9.17, 15) is 9.59 Å². The Hall–Kier alpha value is -3.96. The van der Waals surface area contributed by atoms with Gasteiger partial charge in [-0.3, -0.25) is 4.79 Å². The number of benzene rings is 3. The number of ketones is 1. The van der Waals surface area contributed by atoms with Crippen LogP contribution in [0.5, 0.6) is 0 Å². The molecule has 0 unspecified atom stereocenters. The van der Waals surface area contributed by atoms with Crippen LogP contribution in [0, 0.1) is 0 Å². The second-order valence-electron chi connectivity index (χ2n) is 7.03. The first-order valence-corrected chi connectivity index (χ1v) is 10.6. The Labute approximate surface area is 181 Å². The summed E-state index contributed by atoms with van der Waals surface area (Å²) in [5, 5.41) is 9.81. The molecule has 0 radical (unpaired) electrons. The summed E-state index contributed by atoms with van der Waals surface area (Å²) in [5.74, 6) is -0.152. The van der Waals surface area contributed by atoms with Crippen LogP contribution in [-0.4, -0.2) is 5.78 Å². The second kappa shape index (κ2) is 8.05. The molecule has 3 aromatic carbocycles. The minimum absolute atomic E-state index is 0.152. The number of thiophene rings is 1. The van der Waals surface area contributed by atoms with Gasteiger partial charge in [-0.25, -0.2) is 4.79 Å². The van der Waals surface area contributed by atoms with Crippen LogP contribution in [0.1, 0.15) is 5.56 Å². The van der Waals surface area contributed by atoms with E-state index in [1.54, 1.807) is 12.3 Å². The van der Waals surface area contributed by atoms with Gasteiger partial charge in [0.15, 0.2) is 5.78 Å². The van der Waals surface area contributed by atoms with Crippen molar-refractivity contribution in [3.05, 3.63) is 106 Å². The van der Waals surface area contributed by atoms with E-state index in [0.29, 0.717) is 16.0 Å². The quantitative estimate of drug-likeness (QED) is 0.203. The average molecular weight is 423 g/mol. The molecule has 0 saturated heterocycles. The zero-order valence-electron chi connectivity index (χ0n) is 16.4. The highest BCUT2D eigenvalue weighted by Crippen LogP contribution is 2.35. The van der Waals surface area contributed by atoms with Gasteiger partial charge < -0.3 is 9.73 Å². The molecular formula is C26H17NO3S. The molecule has 5 rings (SSSR count). The molecule has 0 spiro atoms. The molecule has 0 amide bonds. The lowest BCUT2D eigenvalue weighted by Gasteiger charge is -2.04. The van der Waals surface area contributed by atoms with Crippen molar-refractivity contribution >= 4 is 60.7 Å². The van der Waals surface area contributed by atoms with Gasteiger partial charge in [0, 0.05) is 33.8 Å². The van der Waals surface area contributed by atoms with Crippen LogP contribution in [0.3, 0.4) is 0 Å². The van der Waals surface area contributed by atoms with E-state index in [1.807, 2.05) is 72.1 Å². The second-order valence-corrected chi connectivity index (χ2v) is 7.91. The topological polar surface area (TPSA) is 59.3 Å². The SMILES string of the molecule is O=C(/C=C\Nc1scc2c1c(=O)oc1c3ccccc3ccc21)/C=C/c1ccccc1. The number of anilines is 1. The summed E-state index contributed by atoms with van der Waals surface area (Å²) in [6, 6.07) is 21.5. The van der Waals surface area contributed by atoms with Gasteiger partial charge in [-0.2, -0.15) is 0 Å². The fraction of sp³-hybridized carbons (Fsp3) is 0. The molecule has 31 heavy (non-hydrogen) atoms. The van der Waals surface area contributed by atoms with Crippen molar-refractivity contribution < 1.29 is 9.21 Å². The third-order valence-corrected chi connectivity index (χ3v) is 5.97. The van der Waals surface area contributed by atoms with Gasteiger partial charge in [0.1, 0.15) is 16.0 Å². The van der Waals surface area contributed by atoms with Crippen LogP contribution in [0.25, 0.3) is 38.6 Å². The molecule has 0 fully saturated rings. The van der Waals surface area contributed by atoms with Gasteiger partial charge in [0.25, 0.3) is 0 Å². The normalized spacial score (nSPS) is 11.9. The van der Waals surface area contributed by atoms with Crippen LogP contribution in [0.2, 0.25) is 0 Å². The van der Waals surface area contributed by atoms with Gasteiger partial charge in [0.2, 0.25) is 0 Å². The molecule has 0 saturated carbocycles. The summed E-state index contributed by atoms with van der Waals surface area (Å²) in [7, 11) is 0. The third-order valence-electron chi connectivity index (χ3n) is 5.06. The fourth-order valence-electron chi connectivity index (χ4n) is 3.57. The number of carbonyl (C=O) groups excluding carboxylic acids is 1. The summed E-state index contributed by atoms with van der Waals surface area (Å²) in [4.78, 5) is 24.9. The first-order chi connectivity index (χ1) is 15.2. The van der Waals surface area contributed by atoms with E-state index >= 15 is 0 Å². The van der Waals surface area contributed by atoms with E-state index in [0.717, 1.165) is 27.1 Å². The lowest BCUT2D eigenvalue weighted by molar-refractivity contribution is -0.110. The predicted octanol–water partition coefficient (Wildman–Crippen LogP) is 6.37. The Bertz CT molecular complexity index is 1540. The first-order valence-electron chi connectivity index (χ1n) is 9.77. The Balaban J connectivity index is 1.44. The monoisotopic (exact) mass is 423 g/mol. The molecule has 0 aliphatic heterocycles. The lowest BCUT2D eigenvalue weighted by Crippen LogP contribution is -2.01. The van der Waals surface area contributed by atoms with Crippen molar-refractivity contribution in [1.29, 1.82) is 0 Å². The fourth-order valence-corrected chi connectivity index (χ4v) is 4.50. The molecular weight excluding hydrogens is 406 g/mol. The Kier molecular flexibility index (Phi) is 4.94. The average Bonchev–Trinajstić information content (AvgIpc) is 3.23. The number of nitrogens with one attached hydrogen (secondary N) is 1. The third kappa shape index (κ3) is 3.67. The molecule has 4 nitrogen and oxygen atoms in total. The van der Waals surface area contributed by atoms with Crippen LogP contribution < -0.4 is 10.9 Å². The van der Waals surface area contributed by atoms with Crippen molar-refractivity contribution in [2.24, 2.45) is 0 Å². The standard InChI is InChI=1S/C26H17NO3S/c28-19(12-10-17-6-2-1-3-7-17)14-15-27-25-23-22(16-31-25)21-13-11-18-8-4-5-9-20(18)24(21)30-26(23)29/h1-16,27H/b12-10+,15-14-. The number of allylic oxidation sites excluding steroid dienone is 2. The smallest absolute Gasteiger partial charge is 0.347 e. The van der Waals surface area contributed by atoms with Gasteiger partial charge in [-0.1, -0.05) is 66.7 Å². The van der Waals surface area contributed by atoms with Gasteiger partial charge in [0.05, 0.1) is 0 Å². The van der Waals surface area contributed by atoms with Gasteiger partial charge in [-0.05, 0) is 23.1 Å². The highest BCUT2D eigenvalue weighted by atomic mass is 32.1. The number of hydrogen-bond acceptors (Lipinski definition) is 5. The first kappa shape index (κ1) is 19.0. The van der Waals surface area contributed by atoms with Gasteiger partial charge >= 0.3 is 5.63 Å². The van der Waals surface area contributed by atoms with Crippen LogP contribution in [0.15, 0.2) is 99.7 Å². The van der Waals surface area contributed by atoms with Crippen LogP contribution >= 0.6 is 11.3 Å². The lowest BCUT2D eigenvalue weighted by atomic mass is 10.0. The van der Waals surface area contributed by atoms with Crippen LogP contribution in [0.4, 0.5) is 5.00 Å². The van der Waals surface area contributed by atoms with Gasteiger partial charge in [-0.15, -0.1) is 11.3 Å². The van der Waals surface area contributed by atoms with E-state index in [1.165, 1.54) is 23.5 Å². The molecule has 0 atom stereocenters. The van der Waals surface area contributed by atoms with E-state index in [-0.39, 0.29) is 5.78 Å². The van der Waals surface area contributed by atoms with E-state index in [4.69, 9.17) is 4.42 Å². The summed E-state index contributed by atoms with van der Waals surface area (Å²) >= 11 is 1.41. The van der Waals surface area contributed by atoms with Crippen molar-refractivity contribution in [1.82, 2.24) is 0 Å². The Morgan fingerprint density at radius 2 is 1.68 bits per heavy atom. The molecule has 150 valence electrons. The highest BCUT2D eigenvalue weighted by Gasteiger charge is 2.14. The summed E-state index contributed by atoms with van der Waals surface area (Å²) < 4.78 is 5.71. The predicted molar refractivity (Wildman–Crippen MR) is 129 cm³/mol. The Morgan fingerprint density at radius 1 is 0.871 bits per heavy atom. The highest BCUT2D eigenvalue weighted by molar-refractivity contribution is 7.16. The number of rotatable bonds is 5. The number of carbonyl (C=O) groups is 1. The summed E-state index contributed by atoms with van der Waals surface area (Å²) in [6.45, 7) is 0. The number of hydrogen-bond donors (Lipinski definition) is 1. The summed E-state index contributed by atoms with van der Waals surface area (Å²) in [6.07, 6.45) is 6.25. The van der Waals surface area contributed by atoms with E-state index in [2.05, 4.69) is 5.32 Å². The molecule has 5 aromatic rings. The zero-order valence-corrected chi connectivity index (χ0v) is 17.2. The molecule has 0 aliphatic rings. The largest absolute Gasteiger partial charge is 0.422 e. The van der Waals surface area contributed by atoms with Crippen molar-refractivity contribution in [3.8, 4) is 0 Å². The van der Waals surface area contributed by atoms with Crippen molar-refractivity contribution in [2.45, 2.75) is 0 Å². The molecule has 2 aromatic heterocycles. The maximum Gasteiger partial charge on any atom is 0.347 e. The molecule has 1 N–H and O–H groups in total. The van der Waals surface area contributed by atoms with Crippen molar-refractivity contribution in [3.63, 3.8) is 0 Å². The molecule has 0 aliphatic carbocycles. The van der Waals surface area contributed by atoms with Crippen LogP contribution in [-0.2, 0) is 4.79 Å². The molecule has 5 heteroatoms. The zero-order chi connectivity index (χ0) is 21.2. The number of fused-ring (bicyclic) bond motifs is 5. The molecule has 0 bridgehead atoms. The van der Waals surface area contributed by atoms with Crippen molar-refractivity contribution in [2.75, 3.05) is 5.32 Å². The Morgan fingerprint density at radius 3 is 2.55 bits per heavy atom. The van der Waals surface area contributed by atoms with E-state index < -0.39 is 5.63 Å².